The second kappa shape index (κ2) is 5.37. The van der Waals surface area contributed by atoms with Gasteiger partial charge in [-0.3, -0.25) is 0 Å². The molecule has 0 unspecified atom stereocenters. The number of benzene rings is 2. The Kier molecular flexibility index (Phi) is 4.02. The summed E-state index contributed by atoms with van der Waals surface area (Å²) in [6.07, 6.45) is 3.42. The molecule has 0 nitrogen and oxygen atoms in total. The molecule has 3 rings (SSSR count). The summed E-state index contributed by atoms with van der Waals surface area (Å²) in [5, 5.41) is 0. The van der Waals surface area contributed by atoms with E-state index in [0.29, 0.717) is 0 Å². The van der Waals surface area contributed by atoms with E-state index in [-0.39, 0.29) is 26.2 Å². The predicted molar refractivity (Wildman–Crippen MR) is 73.1 cm³/mol. The Morgan fingerprint density at radius 1 is 0.889 bits per heavy atom. The zero-order valence-corrected chi connectivity index (χ0v) is 13.3. The molecule has 1 aliphatic carbocycles. The van der Waals surface area contributed by atoms with Crippen LogP contribution in [0.4, 0.5) is 0 Å². The van der Waals surface area contributed by atoms with Gasteiger partial charge in [0.1, 0.15) is 0 Å². The van der Waals surface area contributed by atoms with Gasteiger partial charge in [-0.1, -0.05) is 48.5 Å². The topological polar surface area (TPSA) is 0 Å². The molecule has 2 aromatic rings. The van der Waals surface area contributed by atoms with Crippen LogP contribution in [0.1, 0.15) is 27.8 Å². The van der Waals surface area contributed by atoms with E-state index in [2.05, 4.69) is 62.4 Å². The quantitative estimate of drug-likeness (QED) is 0.737. The zero-order valence-electron chi connectivity index (χ0n) is 10.8. The number of allylic oxidation sites excluding steroid dienone is 1. The Morgan fingerprint density at radius 2 is 1.56 bits per heavy atom. The first kappa shape index (κ1) is 13.5. The fraction of sp³-hybridized carbons (Fsp3) is 0.176. The van der Waals surface area contributed by atoms with Gasteiger partial charge in [-0.2, -0.15) is 0 Å². The molecule has 0 heterocycles. The van der Waals surface area contributed by atoms with Crippen molar-refractivity contribution in [2.45, 2.75) is 20.3 Å². The molecule has 0 saturated carbocycles. The summed E-state index contributed by atoms with van der Waals surface area (Å²) >= 11 is 0. The summed E-state index contributed by atoms with van der Waals surface area (Å²) in [5.74, 6) is 0. The Morgan fingerprint density at radius 3 is 2.28 bits per heavy atom. The molecule has 18 heavy (non-hydrogen) atoms. The fourth-order valence-electron chi connectivity index (χ4n) is 2.51. The molecule has 88 valence electrons. The molecule has 0 spiro atoms. The third-order valence-electron chi connectivity index (χ3n) is 3.62. The van der Waals surface area contributed by atoms with E-state index in [4.69, 9.17) is 0 Å². The maximum atomic E-state index is 2.35. The standard InChI is InChI=1S/C17H16.Zr/c1-12-10-15-8-9-16(17(15)11-13(12)2)14-6-4-3-5-7-14;/h3-7,9-11H,8H2,1-2H3;. The van der Waals surface area contributed by atoms with Gasteiger partial charge in [0.2, 0.25) is 0 Å². The Bertz CT molecular complexity index is 595. The molecule has 0 aliphatic heterocycles. The van der Waals surface area contributed by atoms with E-state index in [1.807, 2.05) is 0 Å². The van der Waals surface area contributed by atoms with Crippen LogP contribution in [0, 0.1) is 13.8 Å². The fourth-order valence-corrected chi connectivity index (χ4v) is 2.51. The predicted octanol–water partition coefficient (Wildman–Crippen LogP) is 4.29. The summed E-state index contributed by atoms with van der Waals surface area (Å²) in [4.78, 5) is 0. The average molecular weight is 312 g/mol. The minimum absolute atomic E-state index is 0. The summed E-state index contributed by atoms with van der Waals surface area (Å²) in [7, 11) is 0. The van der Waals surface area contributed by atoms with Crippen molar-refractivity contribution in [1.82, 2.24) is 0 Å². The first-order chi connectivity index (χ1) is 8.25. The Balaban J connectivity index is 0.00000120. The number of rotatable bonds is 1. The first-order valence-corrected chi connectivity index (χ1v) is 6.12. The van der Waals surface area contributed by atoms with Crippen molar-refractivity contribution in [2.75, 3.05) is 0 Å². The summed E-state index contributed by atoms with van der Waals surface area (Å²) in [6, 6.07) is 15.3. The zero-order chi connectivity index (χ0) is 11.8. The van der Waals surface area contributed by atoms with Crippen LogP contribution in [-0.4, -0.2) is 0 Å². The molecule has 1 heteroatoms. The van der Waals surface area contributed by atoms with Gasteiger partial charge >= 0.3 is 0 Å². The molecule has 0 N–H and O–H groups in total. The van der Waals surface area contributed by atoms with Crippen molar-refractivity contribution in [3.8, 4) is 0 Å². The van der Waals surface area contributed by atoms with E-state index >= 15 is 0 Å². The average Bonchev–Trinajstić information content (AvgIpc) is 2.74. The van der Waals surface area contributed by atoms with Gasteiger partial charge in [0.15, 0.2) is 0 Å². The van der Waals surface area contributed by atoms with Gasteiger partial charge in [0.05, 0.1) is 0 Å². The molecular formula is C17H16Zr. The molecule has 1 aliphatic rings. The Labute approximate surface area is 128 Å². The van der Waals surface area contributed by atoms with E-state index in [1.165, 1.54) is 33.4 Å². The van der Waals surface area contributed by atoms with E-state index in [1.54, 1.807) is 0 Å². The Hall–Kier alpha value is -0.937. The van der Waals surface area contributed by atoms with E-state index < -0.39 is 0 Å². The minimum Gasteiger partial charge on any atom is -0.0716 e. The smallest absolute Gasteiger partial charge is 0 e. The number of fused-ring (bicyclic) bond motifs is 1. The molecule has 0 radical (unpaired) electrons. The van der Waals surface area contributed by atoms with Crippen LogP contribution in [0.2, 0.25) is 0 Å². The monoisotopic (exact) mass is 310 g/mol. The van der Waals surface area contributed by atoms with Gasteiger partial charge in [-0.05, 0) is 53.7 Å². The third-order valence-corrected chi connectivity index (χ3v) is 3.62. The van der Waals surface area contributed by atoms with Crippen molar-refractivity contribution in [3.05, 3.63) is 76.4 Å². The van der Waals surface area contributed by atoms with Crippen molar-refractivity contribution in [3.63, 3.8) is 0 Å². The number of aryl methyl sites for hydroxylation is 2. The normalized spacial score (nSPS) is 12.7. The van der Waals surface area contributed by atoms with Crippen molar-refractivity contribution in [1.29, 1.82) is 0 Å². The third kappa shape index (κ3) is 2.29. The van der Waals surface area contributed by atoms with E-state index in [0.717, 1.165) is 6.42 Å². The van der Waals surface area contributed by atoms with Crippen LogP contribution < -0.4 is 0 Å². The molecule has 0 amide bonds. The maximum Gasteiger partial charge on any atom is 0 e. The molecule has 0 saturated heterocycles. The molecular weight excluding hydrogens is 295 g/mol. The van der Waals surface area contributed by atoms with Gasteiger partial charge < -0.3 is 0 Å². The largest absolute Gasteiger partial charge is 0.0716 e. The van der Waals surface area contributed by atoms with Crippen LogP contribution in [0.3, 0.4) is 0 Å². The minimum atomic E-state index is 0. The molecule has 0 atom stereocenters. The summed E-state index contributed by atoms with van der Waals surface area (Å²) in [5.41, 5.74) is 8.38. The van der Waals surface area contributed by atoms with Crippen LogP contribution in [0.15, 0.2) is 48.5 Å². The van der Waals surface area contributed by atoms with Crippen molar-refractivity contribution in [2.24, 2.45) is 0 Å². The molecule has 0 aromatic heterocycles. The molecule has 2 aromatic carbocycles. The summed E-state index contributed by atoms with van der Waals surface area (Å²) < 4.78 is 0. The maximum absolute atomic E-state index is 2.35. The number of hydrogen-bond acceptors (Lipinski definition) is 0. The van der Waals surface area contributed by atoms with Crippen LogP contribution in [-0.2, 0) is 32.6 Å². The SMILES string of the molecule is Cc1cc2c(cc1C)C(c1ccccc1)=CC2.[Zr]. The van der Waals surface area contributed by atoms with Crippen molar-refractivity contribution >= 4 is 5.57 Å². The van der Waals surface area contributed by atoms with Gasteiger partial charge in [-0.15, -0.1) is 0 Å². The summed E-state index contributed by atoms with van der Waals surface area (Å²) in [6.45, 7) is 4.38. The van der Waals surface area contributed by atoms with Crippen LogP contribution in [0.5, 0.6) is 0 Å². The van der Waals surface area contributed by atoms with Crippen LogP contribution in [0.25, 0.3) is 5.57 Å². The van der Waals surface area contributed by atoms with Gasteiger partial charge in [-0.25, -0.2) is 0 Å². The molecule has 0 fully saturated rings. The number of hydrogen-bond donors (Lipinski definition) is 0. The van der Waals surface area contributed by atoms with Crippen molar-refractivity contribution < 1.29 is 26.2 Å². The second-order valence-electron chi connectivity index (χ2n) is 4.78. The van der Waals surface area contributed by atoms with Crippen LogP contribution >= 0.6 is 0 Å². The van der Waals surface area contributed by atoms with E-state index in [9.17, 15) is 0 Å². The second-order valence-corrected chi connectivity index (χ2v) is 4.78. The first-order valence-electron chi connectivity index (χ1n) is 6.12. The van der Waals surface area contributed by atoms with Gasteiger partial charge in [0, 0.05) is 26.2 Å². The molecule has 0 bridgehead atoms. The van der Waals surface area contributed by atoms with Gasteiger partial charge in [0.25, 0.3) is 0 Å².